The molecule has 0 atom stereocenters. The number of methoxy groups -OCH3 is 1. The largest absolute Gasteiger partial charge is 0.496 e. The van der Waals surface area contributed by atoms with Crippen LogP contribution in [0.3, 0.4) is 0 Å². The van der Waals surface area contributed by atoms with Crippen molar-refractivity contribution in [2.24, 2.45) is 0 Å². The SMILES string of the molecule is COc1cc(F)c(F)cc1CS(=O)(=O)Cl. The van der Waals surface area contributed by atoms with Crippen molar-refractivity contribution in [2.45, 2.75) is 5.75 Å². The number of hydrogen-bond donors (Lipinski definition) is 0. The number of benzene rings is 1. The Morgan fingerprint density at radius 2 is 1.87 bits per heavy atom. The molecule has 1 aromatic carbocycles. The molecular formula is C8H7ClF2O3S. The van der Waals surface area contributed by atoms with Crippen molar-refractivity contribution in [3.8, 4) is 5.75 Å². The van der Waals surface area contributed by atoms with E-state index in [0.29, 0.717) is 0 Å². The van der Waals surface area contributed by atoms with Crippen molar-refractivity contribution in [1.82, 2.24) is 0 Å². The fourth-order valence-corrected chi connectivity index (χ4v) is 2.01. The van der Waals surface area contributed by atoms with Crippen LogP contribution in [0.2, 0.25) is 0 Å². The van der Waals surface area contributed by atoms with E-state index in [2.05, 4.69) is 0 Å². The lowest BCUT2D eigenvalue weighted by Gasteiger charge is -2.07. The Morgan fingerprint density at radius 3 is 2.33 bits per heavy atom. The highest BCUT2D eigenvalue weighted by molar-refractivity contribution is 8.13. The van der Waals surface area contributed by atoms with Crippen LogP contribution in [0.15, 0.2) is 12.1 Å². The quantitative estimate of drug-likeness (QED) is 0.778. The van der Waals surface area contributed by atoms with Gasteiger partial charge >= 0.3 is 0 Å². The van der Waals surface area contributed by atoms with Gasteiger partial charge in [0.2, 0.25) is 9.05 Å². The molecule has 0 heterocycles. The molecule has 3 nitrogen and oxygen atoms in total. The van der Waals surface area contributed by atoms with Crippen LogP contribution < -0.4 is 4.74 Å². The minimum Gasteiger partial charge on any atom is -0.496 e. The summed E-state index contributed by atoms with van der Waals surface area (Å²) in [4.78, 5) is 0. The predicted molar refractivity (Wildman–Crippen MR) is 51.4 cm³/mol. The molecule has 0 fully saturated rings. The molecule has 0 aliphatic rings. The average Bonchev–Trinajstić information content (AvgIpc) is 2.08. The zero-order chi connectivity index (χ0) is 11.6. The molecule has 0 saturated heterocycles. The molecule has 1 aromatic rings. The second kappa shape index (κ2) is 4.32. The first kappa shape index (κ1) is 12.2. The normalized spacial score (nSPS) is 11.5. The first-order chi connectivity index (χ1) is 6.83. The van der Waals surface area contributed by atoms with Gasteiger partial charge in [-0.1, -0.05) is 0 Å². The third-order valence-corrected chi connectivity index (χ3v) is 2.63. The van der Waals surface area contributed by atoms with E-state index in [1.807, 2.05) is 0 Å². The third kappa shape index (κ3) is 3.32. The van der Waals surface area contributed by atoms with Crippen molar-refractivity contribution in [2.75, 3.05) is 7.11 Å². The van der Waals surface area contributed by atoms with E-state index in [1.54, 1.807) is 0 Å². The van der Waals surface area contributed by atoms with E-state index in [0.717, 1.165) is 12.1 Å². The summed E-state index contributed by atoms with van der Waals surface area (Å²) in [5, 5.41) is 0. The Balaban J connectivity index is 3.22. The zero-order valence-electron chi connectivity index (χ0n) is 7.63. The van der Waals surface area contributed by atoms with Crippen molar-refractivity contribution in [3.05, 3.63) is 29.3 Å². The summed E-state index contributed by atoms with van der Waals surface area (Å²) < 4.78 is 51.8. The first-order valence-electron chi connectivity index (χ1n) is 3.77. The average molecular weight is 257 g/mol. The Kier molecular flexibility index (Phi) is 3.51. The fourth-order valence-electron chi connectivity index (χ4n) is 1.06. The van der Waals surface area contributed by atoms with Gasteiger partial charge in [-0.25, -0.2) is 17.2 Å². The molecule has 0 aliphatic carbocycles. The van der Waals surface area contributed by atoms with Crippen LogP contribution in [-0.2, 0) is 14.8 Å². The Labute approximate surface area is 90.0 Å². The standard InChI is InChI=1S/C8H7ClF2O3S/c1-14-8-3-7(11)6(10)2-5(8)4-15(9,12)13/h2-3H,4H2,1H3. The van der Waals surface area contributed by atoms with Crippen LogP contribution in [0.1, 0.15) is 5.56 Å². The van der Waals surface area contributed by atoms with Gasteiger partial charge in [0.15, 0.2) is 11.6 Å². The second-order valence-electron chi connectivity index (χ2n) is 2.76. The second-order valence-corrected chi connectivity index (χ2v) is 5.54. The molecule has 0 aromatic heterocycles. The predicted octanol–water partition coefficient (Wildman–Crippen LogP) is 2.04. The molecule has 15 heavy (non-hydrogen) atoms. The summed E-state index contributed by atoms with van der Waals surface area (Å²) in [5.41, 5.74) is -0.0219. The maximum atomic E-state index is 12.8. The van der Waals surface area contributed by atoms with E-state index in [4.69, 9.17) is 15.4 Å². The molecule has 0 unspecified atom stereocenters. The van der Waals surface area contributed by atoms with Crippen LogP contribution in [0.4, 0.5) is 8.78 Å². The molecule has 0 radical (unpaired) electrons. The fraction of sp³-hybridized carbons (Fsp3) is 0.250. The smallest absolute Gasteiger partial charge is 0.236 e. The maximum Gasteiger partial charge on any atom is 0.236 e. The molecule has 0 bridgehead atoms. The van der Waals surface area contributed by atoms with Crippen molar-refractivity contribution >= 4 is 19.7 Å². The van der Waals surface area contributed by atoms with Gasteiger partial charge in [-0.15, -0.1) is 0 Å². The van der Waals surface area contributed by atoms with Crippen LogP contribution in [0, 0.1) is 11.6 Å². The molecule has 0 N–H and O–H groups in total. The molecule has 84 valence electrons. The van der Waals surface area contributed by atoms with E-state index in [-0.39, 0.29) is 11.3 Å². The summed E-state index contributed by atoms with van der Waals surface area (Å²) in [6, 6.07) is 1.51. The topological polar surface area (TPSA) is 43.4 Å². The van der Waals surface area contributed by atoms with Gasteiger partial charge in [-0.05, 0) is 6.07 Å². The van der Waals surface area contributed by atoms with E-state index < -0.39 is 26.4 Å². The highest BCUT2D eigenvalue weighted by Gasteiger charge is 2.15. The van der Waals surface area contributed by atoms with Crippen LogP contribution in [0.5, 0.6) is 5.75 Å². The van der Waals surface area contributed by atoms with Gasteiger partial charge in [-0.2, -0.15) is 0 Å². The molecule has 0 saturated carbocycles. The van der Waals surface area contributed by atoms with Crippen LogP contribution >= 0.6 is 10.7 Å². The minimum atomic E-state index is -3.84. The summed E-state index contributed by atoms with van der Waals surface area (Å²) in [5.74, 6) is -2.93. The lowest BCUT2D eigenvalue weighted by atomic mass is 10.2. The van der Waals surface area contributed by atoms with Crippen LogP contribution in [-0.4, -0.2) is 15.5 Å². The van der Waals surface area contributed by atoms with E-state index in [9.17, 15) is 17.2 Å². The van der Waals surface area contributed by atoms with Gasteiger partial charge in [0, 0.05) is 22.3 Å². The van der Waals surface area contributed by atoms with Crippen LogP contribution in [0.25, 0.3) is 0 Å². The van der Waals surface area contributed by atoms with Gasteiger partial charge in [0.25, 0.3) is 0 Å². The molecule has 1 rings (SSSR count). The minimum absolute atomic E-state index is 0.0219. The lowest BCUT2D eigenvalue weighted by molar-refractivity contribution is 0.402. The number of ether oxygens (including phenoxy) is 1. The number of hydrogen-bond acceptors (Lipinski definition) is 3. The zero-order valence-corrected chi connectivity index (χ0v) is 9.20. The molecule has 7 heteroatoms. The van der Waals surface area contributed by atoms with Crippen molar-refractivity contribution in [3.63, 3.8) is 0 Å². The molecule has 0 amide bonds. The summed E-state index contributed by atoms with van der Waals surface area (Å²) in [6.07, 6.45) is 0. The van der Waals surface area contributed by atoms with Crippen molar-refractivity contribution in [1.29, 1.82) is 0 Å². The molecule has 0 aliphatic heterocycles. The van der Waals surface area contributed by atoms with E-state index >= 15 is 0 Å². The lowest BCUT2D eigenvalue weighted by Crippen LogP contribution is -2.00. The van der Waals surface area contributed by atoms with E-state index in [1.165, 1.54) is 7.11 Å². The number of halogens is 3. The maximum absolute atomic E-state index is 12.8. The summed E-state index contributed by atoms with van der Waals surface area (Å²) in [7, 11) is 2.37. The number of rotatable bonds is 3. The highest BCUT2D eigenvalue weighted by Crippen LogP contribution is 2.24. The van der Waals surface area contributed by atoms with Gasteiger partial charge in [-0.3, -0.25) is 0 Å². The Hall–Kier alpha value is -0.880. The first-order valence-corrected chi connectivity index (χ1v) is 6.25. The summed E-state index contributed by atoms with van der Waals surface area (Å²) >= 11 is 0. The molecular weight excluding hydrogens is 250 g/mol. The Morgan fingerprint density at radius 1 is 1.33 bits per heavy atom. The molecule has 0 spiro atoms. The Bertz CT molecular complexity index is 473. The van der Waals surface area contributed by atoms with Crippen molar-refractivity contribution < 1.29 is 21.9 Å². The monoisotopic (exact) mass is 256 g/mol. The van der Waals surface area contributed by atoms with Gasteiger partial charge in [0.1, 0.15) is 5.75 Å². The van der Waals surface area contributed by atoms with Gasteiger partial charge in [0.05, 0.1) is 12.9 Å². The highest BCUT2D eigenvalue weighted by atomic mass is 35.7. The third-order valence-electron chi connectivity index (χ3n) is 1.65. The summed E-state index contributed by atoms with van der Waals surface area (Å²) in [6.45, 7) is 0. The van der Waals surface area contributed by atoms with Gasteiger partial charge < -0.3 is 4.74 Å².